The Morgan fingerprint density at radius 2 is 1.69 bits per heavy atom. The summed E-state index contributed by atoms with van der Waals surface area (Å²) in [5.74, 6) is 1.05. The monoisotopic (exact) mass is 228 g/mol. The van der Waals surface area contributed by atoms with Crippen molar-refractivity contribution in [2.45, 2.75) is 53.5 Å². The van der Waals surface area contributed by atoms with Gasteiger partial charge in [0.2, 0.25) is 5.91 Å². The fourth-order valence-electron chi connectivity index (χ4n) is 1.69. The van der Waals surface area contributed by atoms with Gasteiger partial charge in [0.25, 0.3) is 0 Å². The third-order valence-electron chi connectivity index (χ3n) is 2.96. The van der Waals surface area contributed by atoms with Gasteiger partial charge >= 0.3 is 0 Å². The van der Waals surface area contributed by atoms with Crippen molar-refractivity contribution >= 4 is 5.91 Å². The number of nitrogens with two attached hydrogens (primary N) is 1. The second-order valence-electron chi connectivity index (χ2n) is 5.47. The first-order valence-corrected chi connectivity index (χ1v) is 6.38. The lowest BCUT2D eigenvalue weighted by Crippen LogP contribution is -2.42. The summed E-state index contributed by atoms with van der Waals surface area (Å²) in [5.41, 5.74) is 5.61. The quantitative estimate of drug-likeness (QED) is 0.701. The normalized spacial score (nSPS) is 15.2. The number of nitrogens with one attached hydrogen (secondary N) is 1. The van der Waals surface area contributed by atoms with Gasteiger partial charge in [-0.05, 0) is 31.6 Å². The van der Waals surface area contributed by atoms with Crippen molar-refractivity contribution in [1.29, 1.82) is 0 Å². The molecule has 2 atom stereocenters. The number of hydrogen-bond donors (Lipinski definition) is 2. The smallest absolute Gasteiger partial charge is 0.224 e. The maximum Gasteiger partial charge on any atom is 0.224 e. The Bertz CT molecular complexity index is 202. The maximum absolute atomic E-state index is 11.9. The third-order valence-corrected chi connectivity index (χ3v) is 2.96. The Balaban J connectivity index is 4.02. The molecule has 3 heteroatoms. The van der Waals surface area contributed by atoms with E-state index < -0.39 is 0 Å². The van der Waals surface area contributed by atoms with Gasteiger partial charge in [0.1, 0.15) is 0 Å². The van der Waals surface area contributed by atoms with Crippen LogP contribution in [0.5, 0.6) is 0 Å². The van der Waals surface area contributed by atoms with Gasteiger partial charge in [-0.2, -0.15) is 0 Å². The van der Waals surface area contributed by atoms with Crippen LogP contribution in [0.25, 0.3) is 0 Å². The predicted octanol–water partition coefficient (Wildman–Crippen LogP) is 2.16. The summed E-state index contributed by atoms with van der Waals surface area (Å²) in [7, 11) is 0. The minimum Gasteiger partial charge on any atom is -0.353 e. The Morgan fingerprint density at radius 3 is 2.06 bits per heavy atom. The molecule has 0 aromatic rings. The lowest BCUT2D eigenvalue weighted by atomic mass is 9.94. The largest absolute Gasteiger partial charge is 0.353 e. The Morgan fingerprint density at radius 1 is 1.12 bits per heavy atom. The lowest BCUT2D eigenvalue weighted by Gasteiger charge is -2.22. The Hall–Kier alpha value is -0.570. The molecule has 0 bridgehead atoms. The van der Waals surface area contributed by atoms with Crippen molar-refractivity contribution in [3.8, 4) is 0 Å². The van der Waals surface area contributed by atoms with Crippen molar-refractivity contribution < 1.29 is 4.79 Å². The molecular weight excluding hydrogens is 200 g/mol. The molecule has 0 aliphatic rings. The van der Waals surface area contributed by atoms with Gasteiger partial charge in [0.15, 0.2) is 0 Å². The number of amides is 1. The van der Waals surface area contributed by atoms with Crippen LogP contribution in [0, 0.1) is 17.8 Å². The predicted molar refractivity (Wildman–Crippen MR) is 69.1 cm³/mol. The summed E-state index contributed by atoms with van der Waals surface area (Å²) in [6.07, 6.45) is 2.19. The van der Waals surface area contributed by atoms with Crippen LogP contribution in [0.15, 0.2) is 0 Å². The van der Waals surface area contributed by atoms with Crippen LogP contribution >= 0.6 is 0 Å². The molecule has 0 rings (SSSR count). The van der Waals surface area contributed by atoms with E-state index >= 15 is 0 Å². The van der Waals surface area contributed by atoms with Gasteiger partial charge in [0, 0.05) is 12.6 Å². The van der Waals surface area contributed by atoms with E-state index in [-0.39, 0.29) is 17.9 Å². The molecule has 96 valence electrons. The summed E-state index contributed by atoms with van der Waals surface area (Å²) < 4.78 is 0. The van der Waals surface area contributed by atoms with Crippen molar-refractivity contribution in [3.05, 3.63) is 0 Å². The second kappa shape index (κ2) is 7.66. The molecule has 3 N–H and O–H groups in total. The second-order valence-corrected chi connectivity index (χ2v) is 5.47. The van der Waals surface area contributed by atoms with Gasteiger partial charge in [-0.1, -0.05) is 27.7 Å². The lowest BCUT2D eigenvalue weighted by molar-refractivity contribution is -0.126. The number of carbonyl (C=O) groups excluding carboxylic acids is 1. The van der Waals surface area contributed by atoms with Gasteiger partial charge in [-0.15, -0.1) is 0 Å². The molecule has 0 aromatic heterocycles. The zero-order valence-corrected chi connectivity index (χ0v) is 11.4. The molecule has 0 saturated carbocycles. The molecular formula is C13H28N2O. The highest BCUT2D eigenvalue weighted by Crippen LogP contribution is 2.11. The minimum atomic E-state index is -0.0542. The first kappa shape index (κ1) is 15.4. The summed E-state index contributed by atoms with van der Waals surface area (Å²) in [5, 5.41) is 3.05. The SMILES string of the molecule is CC(C)CCC(C)NC(=O)C(CN)C(C)C. The highest BCUT2D eigenvalue weighted by atomic mass is 16.1. The first-order chi connectivity index (χ1) is 7.38. The van der Waals surface area contributed by atoms with E-state index in [2.05, 4.69) is 26.1 Å². The van der Waals surface area contributed by atoms with Crippen LogP contribution in [0.2, 0.25) is 0 Å². The Kier molecular flexibility index (Phi) is 7.39. The molecule has 0 aliphatic heterocycles. The van der Waals surface area contributed by atoms with E-state index in [9.17, 15) is 4.79 Å². The first-order valence-electron chi connectivity index (χ1n) is 6.38. The highest BCUT2D eigenvalue weighted by Gasteiger charge is 2.21. The van der Waals surface area contributed by atoms with E-state index in [4.69, 9.17) is 5.73 Å². The van der Waals surface area contributed by atoms with Gasteiger partial charge in [0.05, 0.1) is 5.92 Å². The van der Waals surface area contributed by atoms with E-state index in [1.807, 2.05) is 13.8 Å². The summed E-state index contributed by atoms with van der Waals surface area (Å²) >= 11 is 0. The molecule has 0 radical (unpaired) electrons. The van der Waals surface area contributed by atoms with Crippen molar-refractivity contribution in [1.82, 2.24) is 5.32 Å². The van der Waals surface area contributed by atoms with Crippen molar-refractivity contribution in [2.24, 2.45) is 23.5 Å². The van der Waals surface area contributed by atoms with E-state index in [0.29, 0.717) is 18.4 Å². The average molecular weight is 228 g/mol. The molecule has 2 unspecified atom stereocenters. The third kappa shape index (κ3) is 6.11. The van der Waals surface area contributed by atoms with E-state index in [1.54, 1.807) is 0 Å². The van der Waals surface area contributed by atoms with E-state index in [1.165, 1.54) is 0 Å². The molecule has 0 heterocycles. The minimum absolute atomic E-state index is 0.0542. The molecule has 0 spiro atoms. The van der Waals surface area contributed by atoms with Crippen LogP contribution in [-0.2, 0) is 4.79 Å². The molecule has 0 aromatic carbocycles. The fraction of sp³-hybridized carbons (Fsp3) is 0.923. The number of hydrogen-bond acceptors (Lipinski definition) is 2. The van der Waals surface area contributed by atoms with E-state index in [0.717, 1.165) is 12.8 Å². The van der Waals surface area contributed by atoms with Crippen LogP contribution in [0.4, 0.5) is 0 Å². The molecule has 0 fully saturated rings. The summed E-state index contributed by atoms with van der Waals surface area (Å²) in [4.78, 5) is 11.9. The molecule has 1 amide bonds. The van der Waals surface area contributed by atoms with Gasteiger partial charge < -0.3 is 11.1 Å². The summed E-state index contributed by atoms with van der Waals surface area (Å²) in [6.45, 7) is 11.0. The molecule has 3 nitrogen and oxygen atoms in total. The average Bonchev–Trinajstić information content (AvgIpc) is 2.15. The van der Waals surface area contributed by atoms with Crippen LogP contribution in [0.3, 0.4) is 0 Å². The molecule has 16 heavy (non-hydrogen) atoms. The standard InChI is InChI=1S/C13H28N2O/c1-9(2)6-7-11(5)15-13(16)12(8-14)10(3)4/h9-12H,6-8,14H2,1-5H3,(H,15,16). The van der Waals surface area contributed by atoms with Crippen molar-refractivity contribution in [2.75, 3.05) is 6.54 Å². The van der Waals surface area contributed by atoms with Crippen LogP contribution < -0.4 is 11.1 Å². The maximum atomic E-state index is 11.9. The Labute approximate surface area is 100 Å². The van der Waals surface area contributed by atoms with Crippen LogP contribution in [-0.4, -0.2) is 18.5 Å². The van der Waals surface area contributed by atoms with Gasteiger partial charge in [-0.25, -0.2) is 0 Å². The zero-order valence-electron chi connectivity index (χ0n) is 11.4. The number of carbonyl (C=O) groups is 1. The molecule has 0 saturated heterocycles. The topological polar surface area (TPSA) is 55.1 Å². The van der Waals surface area contributed by atoms with Crippen molar-refractivity contribution in [3.63, 3.8) is 0 Å². The van der Waals surface area contributed by atoms with Crippen LogP contribution in [0.1, 0.15) is 47.5 Å². The highest BCUT2D eigenvalue weighted by molar-refractivity contribution is 5.79. The fourth-order valence-corrected chi connectivity index (χ4v) is 1.69. The zero-order chi connectivity index (χ0) is 12.7. The van der Waals surface area contributed by atoms with Gasteiger partial charge in [-0.3, -0.25) is 4.79 Å². The molecule has 0 aliphatic carbocycles. The summed E-state index contributed by atoms with van der Waals surface area (Å²) in [6, 6.07) is 0.252. The number of rotatable bonds is 7.